The lowest BCUT2D eigenvalue weighted by molar-refractivity contribution is 1.07. The summed E-state index contributed by atoms with van der Waals surface area (Å²) in [7, 11) is 0. The van der Waals surface area contributed by atoms with Gasteiger partial charge in [-0.2, -0.15) is 0 Å². The first kappa shape index (κ1) is 40.0. The molecule has 0 fully saturated rings. The number of hydrogen-bond donors (Lipinski definition) is 0. The quantitative estimate of drug-likeness (QED) is 0.138. The van der Waals surface area contributed by atoms with Gasteiger partial charge in [-0.15, -0.1) is 0 Å². The van der Waals surface area contributed by atoms with Crippen LogP contribution in [0.3, 0.4) is 0 Å². The molecule has 0 unspecified atom stereocenters. The molecule has 10 aromatic carbocycles. The van der Waals surface area contributed by atoms with Crippen LogP contribution in [0.25, 0.3) is 112 Å². The molecular formula is C63H43N3. The molecule has 1 aromatic heterocycles. The van der Waals surface area contributed by atoms with E-state index in [9.17, 15) is 0 Å². The van der Waals surface area contributed by atoms with Crippen LogP contribution in [0.1, 0.15) is 0 Å². The number of hydrogen-bond acceptors (Lipinski definition) is 3. The molecule has 0 saturated heterocycles. The second-order valence-corrected chi connectivity index (χ2v) is 16.3. The Kier molecular flexibility index (Phi) is 11.0. The predicted octanol–water partition coefficient (Wildman–Crippen LogP) is 16.5. The Morgan fingerprint density at radius 1 is 0.167 bits per heavy atom. The van der Waals surface area contributed by atoms with Crippen LogP contribution in [0.15, 0.2) is 261 Å². The molecule has 3 heteroatoms. The fourth-order valence-corrected chi connectivity index (χ4v) is 8.93. The van der Waals surface area contributed by atoms with E-state index < -0.39 is 0 Å². The summed E-state index contributed by atoms with van der Waals surface area (Å²) in [6, 6.07) is 92.1. The fraction of sp³-hybridized carbons (Fsp3) is 0. The Hall–Kier alpha value is -8.79. The first-order chi connectivity index (χ1) is 32.7. The van der Waals surface area contributed by atoms with Crippen molar-refractivity contribution in [3.8, 4) is 112 Å². The number of benzene rings is 10. The topological polar surface area (TPSA) is 38.7 Å². The average molecular weight is 842 g/mol. The molecule has 0 aliphatic rings. The molecule has 0 radical (unpaired) electrons. The maximum absolute atomic E-state index is 5.24. The van der Waals surface area contributed by atoms with E-state index in [0.29, 0.717) is 17.5 Å². The maximum atomic E-state index is 5.24. The van der Waals surface area contributed by atoms with Gasteiger partial charge in [0.1, 0.15) is 0 Å². The minimum absolute atomic E-state index is 0.602. The molecule has 66 heavy (non-hydrogen) atoms. The molecular weight excluding hydrogens is 799 g/mol. The Morgan fingerprint density at radius 3 is 0.848 bits per heavy atom. The monoisotopic (exact) mass is 841 g/mol. The van der Waals surface area contributed by atoms with Crippen molar-refractivity contribution in [2.45, 2.75) is 0 Å². The van der Waals surface area contributed by atoms with Gasteiger partial charge in [0.15, 0.2) is 17.5 Å². The second-order valence-electron chi connectivity index (χ2n) is 16.3. The number of aromatic nitrogens is 3. The van der Waals surface area contributed by atoms with E-state index in [1.807, 2.05) is 12.1 Å². The van der Waals surface area contributed by atoms with Gasteiger partial charge in [0.2, 0.25) is 0 Å². The highest BCUT2D eigenvalue weighted by atomic mass is 15.0. The molecule has 3 nitrogen and oxygen atoms in total. The van der Waals surface area contributed by atoms with Crippen LogP contribution in [0.2, 0.25) is 0 Å². The van der Waals surface area contributed by atoms with Crippen molar-refractivity contribution < 1.29 is 0 Å². The highest BCUT2D eigenvalue weighted by Gasteiger charge is 2.24. The lowest BCUT2D eigenvalue weighted by atomic mass is 9.79. The largest absolute Gasteiger partial charge is 0.208 e. The van der Waals surface area contributed by atoms with Gasteiger partial charge in [-0.25, -0.2) is 15.0 Å². The molecule has 1 heterocycles. The van der Waals surface area contributed by atoms with Crippen molar-refractivity contribution >= 4 is 0 Å². The standard InChI is InChI=1S/C63H43N3/c1-7-20-44(21-8-1)46-34-38-52(39-35-46)61-64-62(53-40-36-47(37-41-53)45-22-9-2-10-23-45)66-63(65-61)55-33-19-32-54(42-55)57-43-56(48-24-11-3-12-25-48)58(49-26-13-4-14-27-49)60(51-30-17-6-18-31-51)59(57)50-28-15-5-16-29-50/h1-43H. The molecule has 0 aliphatic carbocycles. The van der Waals surface area contributed by atoms with E-state index in [0.717, 1.165) is 83.5 Å². The Bertz CT molecular complexity index is 3290. The minimum Gasteiger partial charge on any atom is -0.208 e. The van der Waals surface area contributed by atoms with Crippen LogP contribution in [0, 0.1) is 0 Å². The van der Waals surface area contributed by atoms with Gasteiger partial charge >= 0.3 is 0 Å². The normalized spacial score (nSPS) is 11.0. The highest BCUT2D eigenvalue weighted by molar-refractivity contribution is 6.07. The van der Waals surface area contributed by atoms with Crippen molar-refractivity contribution in [2.24, 2.45) is 0 Å². The molecule has 11 aromatic rings. The molecule has 0 bridgehead atoms. The van der Waals surface area contributed by atoms with Crippen LogP contribution in [0.5, 0.6) is 0 Å². The first-order valence-electron chi connectivity index (χ1n) is 22.3. The summed E-state index contributed by atoms with van der Waals surface area (Å²) in [4.78, 5) is 15.6. The van der Waals surface area contributed by atoms with Crippen LogP contribution in [-0.2, 0) is 0 Å². The minimum atomic E-state index is 0.602. The van der Waals surface area contributed by atoms with Crippen LogP contribution in [0.4, 0.5) is 0 Å². The molecule has 0 aliphatic heterocycles. The van der Waals surface area contributed by atoms with E-state index in [2.05, 4.69) is 249 Å². The molecule has 0 N–H and O–H groups in total. The summed E-state index contributed by atoms with van der Waals surface area (Å²) in [6.07, 6.45) is 0. The van der Waals surface area contributed by atoms with E-state index in [1.54, 1.807) is 0 Å². The van der Waals surface area contributed by atoms with Gasteiger partial charge in [0, 0.05) is 16.7 Å². The van der Waals surface area contributed by atoms with Crippen LogP contribution < -0.4 is 0 Å². The zero-order valence-electron chi connectivity index (χ0n) is 36.2. The fourth-order valence-electron chi connectivity index (χ4n) is 8.93. The Labute approximate surface area is 386 Å². The summed E-state index contributed by atoms with van der Waals surface area (Å²) in [6.45, 7) is 0. The maximum Gasteiger partial charge on any atom is 0.164 e. The van der Waals surface area contributed by atoms with Crippen LogP contribution >= 0.6 is 0 Å². The second kappa shape index (κ2) is 18.1. The van der Waals surface area contributed by atoms with Gasteiger partial charge in [-0.05, 0) is 90.0 Å². The summed E-state index contributed by atoms with van der Waals surface area (Å²) in [5, 5.41) is 0. The van der Waals surface area contributed by atoms with Gasteiger partial charge in [-0.1, -0.05) is 249 Å². The number of nitrogens with zero attached hydrogens (tertiary/aromatic N) is 3. The van der Waals surface area contributed by atoms with Gasteiger partial charge in [0.25, 0.3) is 0 Å². The zero-order valence-corrected chi connectivity index (χ0v) is 36.2. The van der Waals surface area contributed by atoms with E-state index >= 15 is 0 Å². The average Bonchev–Trinajstić information content (AvgIpc) is 3.42. The first-order valence-corrected chi connectivity index (χ1v) is 22.3. The van der Waals surface area contributed by atoms with Gasteiger partial charge in [-0.3, -0.25) is 0 Å². The highest BCUT2D eigenvalue weighted by Crippen LogP contribution is 2.50. The SMILES string of the molecule is c1ccc(-c2ccc(-c3nc(-c4ccc(-c5ccccc5)cc4)nc(-c4cccc(-c5cc(-c6ccccc6)c(-c6ccccc6)c(-c6ccccc6)c5-c5ccccc5)c4)n3)cc2)cc1. The Morgan fingerprint density at radius 2 is 0.439 bits per heavy atom. The summed E-state index contributed by atoms with van der Waals surface area (Å²) < 4.78 is 0. The van der Waals surface area contributed by atoms with E-state index in [4.69, 9.17) is 15.0 Å². The van der Waals surface area contributed by atoms with Crippen molar-refractivity contribution in [3.05, 3.63) is 261 Å². The predicted molar refractivity (Wildman–Crippen MR) is 274 cm³/mol. The molecule has 0 atom stereocenters. The molecule has 0 amide bonds. The van der Waals surface area contributed by atoms with Crippen molar-refractivity contribution in [1.82, 2.24) is 15.0 Å². The van der Waals surface area contributed by atoms with Crippen molar-refractivity contribution in [3.63, 3.8) is 0 Å². The third-order valence-electron chi connectivity index (χ3n) is 12.2. The van der Waals surface area contributed by atoms with E-state index in [1.165, 1.54) is 11.1 Å². The smallest absolute Gasteiger partial charge is 0.164 e. The number of rotatable bonds is 10. The zero-order chi connectivity index (χ0) is 44.1. The van der Waals surface area contributed by atoms with Crippen molar-refractivity contribution in [1.29, 1.82) is 0 Å². The molecule has 11 rings (SSSR count). The van der Waals surface area contributed by atoms with Gasteiger partial charge < -0.3 is 0 Å². The third kappa shape index (κ3) is 8.14. The third-order valence-corrected chi connectivity index (χ3v) is 12.2. The lowest BCUT2D eigenvalue weighted by Gasteiger charge is -2.24. The van der Waals surface area contributed by atoms with Gasteiger partial charge in [0.05, 0.1) is 0 Å². The summed E-state index contributed by atoms with van der Waals surface area (Å²) in [5.74, 6) is 1.83. The summed E-state index contributed by atoms with van der Waals surface area (Å²) >= 11 is 0. The van der Waals surface area contributed by atoms with E-state index in [-0.39, 0.29) is 0 Å². The molecule has 0 saturated carbocycles. The lowest BCUT2D eigenvalue weighted by Crippen LogP contribution is -2.01. The van der Waals surface area contributed by atoms with Crippen molar-refractivity contribution in [2.75, 3.05) is 0 Å². The Balaban J connectivity index is 1.12. The molecule has 0 spiro atoms. The summed E-state index contributed by atoms with van der Waals surface area (Å²) in [5.41, 5.74) is 18.8. The van der Waals surface area contributed by atoms with Crippen LogP contribution in [-0.4, -0.2) is 15.0 Å². The molecule has 310 valence electrons.